The summed E-state index contributed by atoms with van der Waals surface area (Å²) in [6.45, 7) is 4.07. The highest BCUT2D eigenvalue weighted by Gasteiger charge is 2.37. The Morgan fingerprint density at radius 1 is 0.361 bits per heavy atom. The first-order valence-corrected chi connectivity index (χ1v) is 23.1. The predicted molar refractivity (Wildman–Crippen MR) is 274 cm³/mol. The number of furan rings is 1. The van der Waals surface area contributed by atoms with Crippen molar-refractivity contribution in [3.05, 3.63) is 216 Å². The van der Waals surface area contributed by atoms with Crippen LogP contribution in [-0.4, -0.2) is 19.5 Å². The Kier molecular flexibility index (Phi) is 10.4. The van der Waals surface area contributed by atoms with Crippen molar-refractivity contribution in [2.45, 2.75) is 26.2 Å². The topological polar surface area (TPSA) is 56.7 Å². The molecule has 0 saturated carbocycles. The molecule has 0 amide bonds. The summed E-state index contributed by atoms with van der Waals surface area (Å²) in [4.78, 5) is 15.4. The highest BCUT2D eigenvalue weighted by atomic mass is 19.4. The van der Waals surface area contributed by atoms with Crippen molar-refractivity contribution in [1.29, 1.82) is 0 Å². The van der Waals surface area contributed by atoms with Gasteiger partial charge in [0.1, 0.15) is 11.2 Å². The van der Waals surface area contributed by atoms with Gasteiger partial charge in [0.25, 0.3) is 0 Å². The fraction of sp³-hybridized carbons (Fsp3) is 0.0656. The van der Waals surface area contributed by atoms with Crippen LogP contribution in [0.15, 0.2) is 199 Å². The number of halogens is 6. The maximum Gasteiger partial charge on any atom is 0.416 e. The summed E-state index contributed by atoms with van der Waals surface area (Å²) in [6, 6.07) is 58.1. The Balaban J connectivity index is 1.17. The summed E-state index contributed by atoms with van der Waals surface area (Å²) in [5.41, 5.74) is 8.23. The van der Waals surface area contributed by atoms with E-state index in [2.05, 4.69) is 24.3 Å². The molecule has 12 aromatic rings. The van der Waals surface area contributed by atoms with E-state index in [1.54, 1.807) is 18.2 Å². The van der Waals surface area contributed by atoms with Crippen LogP contribution in [-0.2, 0) is 12.4 Å². The Labute approximate surface area is 408 Å². The van der Waals surface area contributed by atoms with Crippen molar-refractivity contribution in [2.75, 3.05) is 0 Å². The van der Waals surface area contributed by atoms with Crippen LogP contribution in [0.1, 0.15) is 22.3 Å². The van der Waals surface area contributed by atoms with E-state index in [0.29, 0.717) is 39.8 Å². The number of benzene rings is 9. The maximum atomic E-state index is 14.3. The monoisotopic (exact) mass is 956 g/mol. The minimum atomic E-state index is -5.03. The molecule has 0 aliphatic heterocycles. The average Bonchev–Trinajstić information content (AvgIpc) is 3.92. The van der Waals surface area contributed by atoms with Crippen molar-refractivity contribution in [2.24, 2.45) is 0 Å². The summed E-state index contributed by atoms with van der Waals surface area (Å²) in [5, 5.41) is 3.49. The number of para-hydroxylation sites is 1. The van der Waals surface area contributed by atoms with Gasteiger partial charge < -0.3 is 8.98 Å². The molecular formula is C61H38F6N4O. The minimum Gasteiger partial charge on any atom is -0.456 e. The molecule has 12 rings (SSSR count). The van der Waals surface area contributed by atoms with Crippen LogP contribution in [0.4, 0.5) is 26.3 Å². The van der Waals surface area contributed by atoms with Crippen LogP contribution >= 0.6 is 0 Å². The van der Waals surface area contributed by atoms with Gasteiger partial charge in [0.2, 0.25) is 0 Å². The number of nitrogens with zero attached hydrogens (tertiary/aromatic N) is 4. The molecule has 0 aliphatic carbocycles. The first kappa shape index (κ1) is 44.4. The first-order valence-electron chi connectivity index (χ1n) is 23.1. The van der Waals surface area contributed by atoms with Crippen molar-refractivity contribution in [1.82, 2.24) is 19.5 Å². The van der Waals surface area contributed by atoms with Crippen LogP contribution < -0.4 is 0 Å². The summed E-state index contributed by atoms with van der Waals surface area (Å²) in [6.07, 6.45) is -10.1. The summed E-state index contributed by atoms with van der Waals surface area (Å²) < 4.78 is 94.3. The zero-order valence-electron chi connectivity index (χ0n) is 38.4. The zero-order chi connectivity index (χ0) is 49.5. The Morgan fingerprint density at radius 3 is 1.39 bits per heavy atom. The van der Waals surface area contributed by atoms with Gasteiger partial charge in [-0.15, -0.1) is 0 Å². The van der Waals surface area contributed by atoms with E-state index < -0.39 is 23.5 Å². The molecule has 350 valence electrons. The van der Waals surface area contributed by atoms with Crippen LogP contribution in [0.25, 0.3) is 117 Å². The average molecular weight is 957 g/mol. The zero-order valence-corrected chi connectivity index (χ0v) is 38.4. The van der Waals surface area contributed by atoms with Gasteiger partial charge in [0.05, 0.1) is 27.8 Å². The molecular weight excluding hydrogens is 919 g/mol. The van der Waals surface area contributed by atoms with E-state index >= 15 is 0 Å². The van der Waals surface area contributed by atoms with Gasteiger partial charge in [0, 0.05) is 38.2 Å². The number of alkyl halides is 6. The summed E-state index contributed by atoms with van der Waals surface area (Å²) >= 11 is 0. The largest absolute Gasteiger partial charge is 0.456 e. The smallest absolute Gasteiger partial charge is 0.416 e. The second kappa shape index (κ2) is 16.9. The van der Waals surface area contributed by atoms with E-state index in [0.717, 1.165) is 89.3 Å². The highest BCUT2D eigenvalue weighted by Crippen LogP contribution is 2.44. The van der Waals surface area contributed by atoms with Gasteiger partial charge in [0.15, 0.2) is 17.5 Å². The number of fused-ring (bicyclic) bond motifs is 6. The lowest BCUT2D eigenvalue weighted by molar-refractivity contribution is -0.143. The normalized spacial score (nSPS) is 12.2. The third-order valence-corrected chi connectivity index (χ3v) is 13.1. The molecule has 0 atom stereocenters. The van der Waals surface area contributed by atoms with Crippen molar-refractivity contribution < 1.29 is 30.8 Å². The predicted octanol–water partition coefficient (Wildman–Crippen LogP) is 17.5. The minimum absolute atomic E-state index is 0.148. The Bertz CT molecular complexity index is 3990. The first-order chi connectivity index (χ1) is 34.7. The number of hydrogen-bond donors (Lipinski definition) is 0. The number of aryl methyl sites for hydroxylation is 2. The molecule has 0 aliphatic rings. The van der Waals surface area contributed by atoms with Crippen molar-refractivity contribution >= 4 is 43.7 Å². The molecule has 3 heterocycles. The van der Waals surface area contributed by atoms with E-state index in [9.17, 15) is 26.3 Å². The Morgan fingerprint density at radius 2 is 0.819 bits per heavy atom. The summed E-state index contributed by atoms with van der Waals surface area (Å²) in [7, 11) is 0. The molecule has 0 unspecified atom stereocenters. The second-order valence-electron chi connectivity index (χ2n) is 18.0. The molecule has 0 spiro atoms. The molecule has 9 aromatic carbocycles. The van der Waals surface area contributed by atoms with E-state index in [4.69, 9.17) is 19.4 Å². The molecule has 72 heavy (non-hydrogen) atoms. The lowest BCUT2D eigenvalue weighted by atomic mass is 9.97. The molecule has 0 fully saturated rings. The van der Waals surface area contributed by atoms with Crippen molar-refractivity contribution in [3.8, 4) is 73.2 Å². The molecule has 3 aromatic heterocycles. The van der Waals surface area contributed by atoms with E-state index in [1.807, 2.05) is 152 Å². The maximum absolute atomic E-state index is 14.3. The molecule has 0 saturated heterocycles. The SMILES string of the molecule is Cc1cc(C)cc(-c2ccc3c4ccc(-c5cc(C(F)(F)F)cc(C(F)(F)F)c5)cc4n(-c4ccc(-c5ccc6c(c5)oc5ccccc56)cc4-c4nc(-c5ccccc5)nc(-c5ccccc5)n4)c3c2)c1. The van der Waals surface area contributed by atoms with Crippen LogP contribution in [0.2, 0.25) is 0 Å². The standard InChI is InChI=1S/C61H38F6N4O/c1-35-25-36(2)27-43(26-35)40-17-21-47-48-22-18-41(44-28-45(60(62,63)64)34-46(29-44)61(65,66)67)32-54(48)71(53(47)31-40)52-24-20-39(42-19-23-50-49-15-9-10-16-55(49)72-56(50)33-42)30-51(52)59-69-57(37-11-5-3-6-12-37)68-58(70-59)38-13-7-4-8-14-38/h3-34H,1-2H3. The van der Waals surface area contributed by atoms with Gasteiger partial charge in [-0.3, -0.25) is 0 Å². The van der Waals surface area contributed by atoms with E-state index in [-0.39, 0.29) is 17.2 Å². The van der Waals surface area contributed by atoms with Gasteiger partial charge in [-0.2, -0.15) is 26.3 Å². The number of aromatic nitrogens is 4. The molecule has 0 bridgehead atoms. The van der Waals surface area contributed by atoms with Crippen LogP contribution in [0, 0.1) is 13.8 Å². The molecule has 0 N–H and O–H groups in total. The Hall–Kier alpha value is -8.83. The van der Waals surface area contributed by atoms with Gasteiger partial charge in [-0.25, -0.2) is 15.0 Å². The summed E-state index contributed by atoms with van der Waals surface area (Å²) in [5.74, 6) is 1.17. The lowest BCUT2D eigenvalue weighted by Crippen LogP contribution is -2.11. The van der Waals surface area contributed by atoms with Crippen LogP contribution in [0.5, 0.6) is 0 Å². The quantitative estimate of drug-likeness (QED) is 0.149. The molecule has 5 nitrogen and oxygen atoms in total. The fourth-order valence-corrected chi connectivity index (χ4v) is 9.82. The van der Waals surface area contributed by atoms with Gasteiger partial charge >= 0.3 is 12.4 Å². The van der Waals surface area contributed by atoms with Gasteiger partial charge in [-0.05, 0) is 108 Å². The third-order valence-electron chi connectivity index (χ3n) is 13.1. The molecule has 11 heteroatoms. The second-order valence-corrected chi connectivity index (χ2v) is 18.0. The molecule has 0 radical (unpaired) electrons. The van der Waals surface area contributed by atoms with Gasteiger partial charge in [-0.1, -0.05) is 145 Å². The fourth-order valence-electron chi connectivity index (χ4n) is 9.82. The van der Waals surface area contributed by atoms with Crippen LogP contribution in [0.3, 0.4) is 0 Å². The number of hydrogen-bond acceptors (Lipinski definition) is 4. The lowest BCUT2D eigenvalue weighted by Gasteiger charge is -2.17. The van der Waals surface area contributed by atoms with E-state index in [1.165, 1.54) is 0 Å². The number of rotatable bonds is 7. The van der Waals surface area contributed by atoms with Crippen molar-refractivity contribution in [3.63, 3.8) is 0 Å². The highest BCUT2D eigenvalue weighted by molar-refractivity contribution is 6.12. The third kappa shape index (κ3) is 8.02.